The molecule has 5 nitrogen and oxygen atoms in total. The number of anilines is 1. The Morgan fingerprint density at radius 1 is 1.36 bits per heavy atom. The minimum atomic E-state index is -0.447. The van der Waals surface area contributed by atoms with Crippen LogP contribution in [-0.4, -0.2) is 34.7 Å². The van der Waals surface area contributed by atoms with E-state index in [0.717, 1.165) is 16.1 Å². The van der Waals surface area contributed by atoms with Gasteiger partial charge in [-0.15, -0.1) is 11.3 Å². The van der Waals surface area contributed by atoms with E-state index in [4.69, 9.17) is 0 Å². The Balaban J connectivity index is 1.75. The number of nitrogens with zero attached hydrogens (tertiary/aromatic N) is 1. The summed E-state index contributed by atoms with van der Waals surface area (Å²) in [7, 11) is 0. The van der Waals surface area contributed by atoms with Gasteiger partial charge >= 0.3 is 0 Å². The van der Waals surface area contributed by atoms with E-state index in [-0.39, 0.29) is 11.9 Å². The molecule has 0 spiro atoms. The maximum absolute atomic E-state index is 12.1. The molecule has 0 saturated carbocycles. The van der Waals surface area contributed by atoms with Crippen molar-refractivity contribution in [1.29, 1.82) is 0 Å². The molecule has 1 aliphatic heterocycles. The number of rotatable bonds is 3. The first-order chi connectivity index (χ1) is 10.5. The van der Waals surface area contributed by atoms with Crippen LogP contribution in [0.5, 0.6) is 0 Å². The van der Waals surface area contributed by atoms with Crippen LogP contribution in [0, 0.1) is 13.8 Å². The zero-order valence-electron chi connectivity index (χ0n) is 12.6. The smallest absolute Gasteiger partial charge is 0.243 e. The minimum Gasteiger partial charge on any atom is -0.392 e. The highest BCUT2D eigenvalue weighted by Gasteiger charge is 2.28. The SMILES string of the molecule is Cc1ccc(-c2nc(NC(=O)[C@@H]3C[C@@H](O)CN3)sc2C)cc1. The summed E-state index contributed by atoms with van der Waals surface area (Å²) in [6.07, 6.45) is -0.00187. The number of aryl methyl sites for hydroxylation is 2. The van der Waals surface area contributed by atoms with Crippen molar-refractivity contribution in [1.82, 2.24) is 10.3 Å². The van der Waals surface area contributed by atoms with Gasteiger partial charge in [0.15, 0.2) is 5.13 Å². The molecule has 1 fully saturated rings. The Kier molecular flexibility index (Phi) is 4.24. The molecule has 3 N–H and O–H groups in total. The monoisotopic (exact) mass is 317 g/mol. The molecule has 0 unspecified atom stereocenters. The molecular formula is C16H19N3O2S. The van der Waals surface area contributed by atoms with Gasteiger partial charge in [0.1, 0.15) is 0 Å². The van der Waals surface area contributed by atoms with E-state index in [1.807, 2.05) is 26.0 Å². The molecule has 0 bridgehead atoms. The summed E-state index contributed by atoms with van der Waals surface area (Å²) in [4.78, 5) is 17.7. The third-order valence-corrected chi connectivity index (χ3v) is 4.66. The van der Waals surface area contributed by atoms with E-state index < -0.39 is 6.10 Å². The highest BCUT2D eigenvalue weighted by Crippen LogP contribution is 2.30. The summed E-state index contributed by atoms with van der Waals surface area (Å²) in [5.41, 5.74) is 3.16. The fourth-order valence-electron chi connectivity index (χ4n) is 2.54. The number of amides is 1. The topological polar surface area (TPSA) is 74.2 Å². The first-order valence-corrected chi connectivity index (χ1v) is 8.11. The fraction of sp³-hybridized carbons (Fsp3) is 0.375. The Labute approximate surface area is 133 Å². The largest absolute Gasteiger partial charge is 0.392 e. The molecule has 116 valence electrons. The average molecular weight is 317 g/mol. The second-order valence-electron chi connectivity index (χ2n) is 5.63. The number of nitrogens with one attached hydrogen (secondary N) is 2. The number of carbonyl (C=O) groups excluding carboxylic acids is 1. The zero-order valence-corrected chi connectivity index (χ0v) is 13.4. The van der Waals surface area contributed by atoms with Crippen LogP contribution in [0.4, 0.5) is 5.13 Å². The summed E-state index contributed by atoms with van der Waals surface area (Å²) >= 11 is 1.47. The molecule has 1 aromatic carbocycles. The van der Waals surface area contributed by atoms with Gasteiger partial charge in [-0.05, 0) is 20.3 Å². The Morgan fingerprint density at radius 3 is 2.73 bits per heavy atom. The third-order valence-electron chi connectivity index (χ3n) is 3.78. The van der Waals surface area contributed by atoms with Crippen LogP contribution in [0.1, 0.15) is 16.9 Å². The van der Waals surface area contributed by atoms with Crippen LogP contribution >= 0.6 is 11.3 Å². The molecule has 2 atom stereocenters. The highest BCUT2D eigenvalue weighted by atomic mass is 32.1. The predicted molar refractivity (Wildman–Crippen MR) is 88.1 cm³/mol. The lowest BCUT2D eigenvalue weighted by Gasteiger charge is -2.08. The van der Waals surface area contributed by atoms with Crippen LogP contribution in [0.15, 0.2) is 24.3 Å². The van der Waals surface area contributed by atoms with Crippen LogP contribution in [-0.2, 0) is 4.79 Å². The van der Waals surface area contributed by atoms with Crippen LogP contribution < -0.4 is 10.6 Å². The maximum atomic E-state index is 12.1. The number of hydrogen-bond donors (Lipinski definition) is 3. The first kappa shape index (κ1) is 15.1. The number of benzene rings is 1. The fourth-order valence-corrected chi connectivity index (χ4v) is 3.38. The van der Waals surface area contributed by atoms with E-state index in [9.17, 15) is 9.90 Å². The summed E-state index contributed by atoms with van der Waals surface area (Å²) in [5, 5.41) is 15.9. The van der Waals surface area contributed by atoms with Gasteiger partial charge in [-0.2, -0.15) is 0 Å². The van der Waals surface area contributed by atoms with Crippen molar-refractivity contribution in [3.8, 4) is 11.3 Å². The summed E-state index contributed by atoms with van der Waals surface area (Å²) < 4.78 is 0. The number of carbonyl (C=O) groups is 1. The third kappa shape index (κ3) is 3.19. The van der Waals surface area contributed by atoms with Crippen LogP contribution in [0.3, 0.4) is 0 Å². The Morgan fingerprint density at radius 2 is 2.09 bits per heavy atom. The molecule has 3 rings (SSSR count). The summed E-state index contributed by atoms with van der Waals surface area (Å²) in [5.74, 6) is -0.138. The van der Waals surface area contributed by atoms with Crippen LogP contribution in [0.2, 0.25) is 0 Å². The molecule has 22 heavy (non-hydrogen) atoms. The lowest BCUT2D eigenvalue weighted by molar-refractivity contribution is -0.117. The molecule has 0 aliphatic carbocycles. The quantitative estimate of drug-likeness (QED) is 0.810. The lowest BCUT2D eigenvalue weighted by Crippen LogP contribution is -2.35. The van der Waals surface area contributed by atoms with Crippen molar-refractivity contribution in [3.63, 3.8) is 0 Å². The van der Waals surface area contributed by atoms with Crippen molar-refractivity contribution in [2.45, 2.75) is 32.4 Å². The van der Waals surface area contributed by atoms with Gasteiger partial charge in [0, 0.05) is 17.0 Å². The van der Waals surface area contributed by atoms with Gasteiger partial charge in [0.05, 0.1) is 17.8 Å². The Bertz CT molecular complexity index is 681. The molecule has 0 radical (unpaired) electrons. The Hall–Kier alpha value is -1.76. The zero-order chi connectivity index (χ0) is 15.7. The number of aliphatic hydroxyl groups is 1. The first-order valence-electron chi connectivity index (χ1n) is 7.29. The van der Waals surface area contributed by atoms with Crippen molar-refractivity contribution < 1.29 is 9.90 Å². The van der Waals surface area contributed by atoms with E-state index in [1.165, 1.54) is 16.9 Å². The standard InChI is InChI=1S/C16H19N3O2S/c1-9-3-5-11(6-4-9)14-10(2)22-16(18-14)19-15(21)13-7-12(20)8-17-13/h3-6,12-13,17,20H,7-8H2,1-2H3,(H,18,19,21)/t12-,13+/m1/s1. The molecule has 1 aliphatic rings. The van der Waals surface area contributed by atoms with Gasteiger partial charge in [-0.25, -0.2) is 4.98 Å². The molecule has 2 heterocycles. The average Bonchev–Trinajstić information content (AvgIpc) is 3.06. The summed E-state index contributed by atoms with van der Waals surface area (Å²) in [6, 6.07) is 7.84. The van der Waals surface area contributed by atoms with Gasteiger partial charge in [0.25, 0.3) is 0 Å². The lowest BCUT2D eigenvalue weighted by atomic mass is 10.1. The van der Waals surface area contributed by atoms with E-state index in [1.54, 1.807) is 0 Å². The van der Waals surface area contributed by atoms with Crippen LogP contribution in [0.25, 0.3) is 11.3 Å². The van der Waals surface area contributed by atoms with Gasteiger partial charge in [0.2, 0.25) is 5.91 Å². The molecule has 1 aromatic heterocycles. The van der Waals surface area contributed by atoms with Crippen molar-refractivity contribution in [2.24, 2.45) is 0 Å². The number of aliphatic hydroxyl groups excluding tert-OH is 1. The van der Waals surface area contributed by atoms with Crippen molar-refractivity contribution in [2.75, 3.05) is 11.9 Å². The number of thiazole rings is 1. The second-order valence-corrected chi connectivity index (χ2v) is 6.83. The molecule has 1 amide bonds. The van der Waals surface area contributed by atoms with E-state index >= 15 is 0 Å². The van der Waals surface area contributed by atoms with Gasteiger partial charge in [-0.3, -0.25) is 4.79 Å². The molecule has 2 aromatic rings. The van der Waals surface area contributed by atoms with E-state index in [2.05, 4.69) is 27.8 Å². The van der Waals surface area contributed by atoms with Gasteiger partial charge < -0.3 is 15.7 Å². The minimum absolute atomic E-state index is 0.138. The summed E-state index contributed by atoms with van der Waals surface area (Å²) in [6.45, 7) is 4.51. The molecular weight excluding hydrogens is 298 g/mol. The number of hydrogen-bond acceptors (Lipinski definition) is 5. The van der Waals surface area contributed by atoms with E-state index in [0.29, 0.717) is 18.1 Å². The number of β-amino-alcohol motifs (C(OH)–C–C–N with tert-alkyl or cyclic N) is 1. The van der Waals surface area contributed by atoms with Gasteiger partial charge in [-0.1, -0.05) is 29.8 Å². The molecule has 1 saturated heterocycles. The van der Waals surface area contributed by atoms with Crippen molar-refractivity contribution in [3.05, 3.63) is 34.7 Å². The molecule has 6 heteroatoms. The highest BCUT2D eigenvalue weighted by molar-refractivity contribution is 7.16. The normalized spacial score (nSPS) is 21.0. The number of aromatic nitrogens is 1. The second kappa shape index (κ2) is 6.16. The maximum Gasteiger partial charge on any atom is 0.243 e. The predicted octanol–water partition coefficient (Wildman–Crippen LogP) is 2.09. The van der Waals surface area contributed by atoms with Crippen molar-refractivity contribution >= 4 is 22.4 Å².